The van der Waals surface area contributed by atoms with Crippen LogP contribution < -0.4 is 5.32 Å². The van der Waals surface area contributed by atoms with E-state index < -0.39 is 75.2 Å². The van der Waals surface area contributed by atoms with E-state index in [1.807, 2.05) is 0 Å². The number of pyridine rings is 1. The fraction of sp³-hybridized carbons (Fsp3) is 0.714. The van der Waals surface area contributed by atoms with Crippen LogP contribution in [0.15, 0.2) is 12.3 Å². The molecule has 0 aromatic carbocycles. The number of nitriles is 1. The molecule has 302 valence electrons. The number of esters is 2. The van der Waals surface area contributed by atoms with Gasteiger partial charge in [0.25, 0.3) is 0 Å². The molecule has 2 aromatic heterocycles. The van der Waals surface area contributed by atoms with Gasteiger partial charge in [0.1, 0.15) is 0 Å². The monoisotopic (exact) mass is 802 g/mol. The molecule has 0 bridgehead atoms. The van der Waals surface area contributed by atoms with Gasteiger partial charge in [-0.2, -0.15) is 5.26 Å². The van der Waals surface area contributed by atoms with E-state index in [1.165, 1.54) is 4.57 Å². The Morgan fingerprint density at radius 1 is 1.00 bits per heavy atom. The predicted octanol–water partition coefficient (Wildman–Crippen LogP) is 3.91. The van der Waals surface area contributed by atoms with Gasteiger partial charge in [-0.25, -0.2) is 0 Å². The molecule has 0 spiro atoms. The average molecular weight is 803 g/mol. The van der Waals surface area contributed by atoms with Gasteiger partial charge in [0.15, 0.2) is 0 Å². The van der Waals surface area contributed by atoms with Crippen molar-refractivity contribution in [1.82, 2.24) is 9.55 Å². The number of carbonyl (C=O) groups excluding carboxylic acids is 2. The fourth-order valence-electron chi connectivity index (χ4n) is 6.32. The van der Waals surface area contributed by atoms with E-state index in [2.05, 4.69) is 16.4 Å². The fourth-order valence-corrected chi connectivity index (χ4v) is 7.65. The van der Waals surface area contributed by atoms with Crippen LogP contribution in [0.1, 0.15) is 78.0 Å². The Hall–Kier alpha value is -2.72. The van der Waals surface area contributed by atoms with Gasteiger partial charge in [-0.3, -0.25) is 0 Å². The second-order valence-corrected chi connectivity index (χ2v) is 17.7. The molecule has 5 rings (SSSR count). The molecular weight excluding hydrogens is 751 g/mol. The number of aromatic nitrogens is 2. The summed E-state index contributed by atoms with van der Waals surface area (Å²) in [4.78, 5) is 41.4. The first-order valence-electron chi connectivity index (χ1n) is 18.1. The number of rotatable bonds is 7. The Morgan fingerprint density at radius 2 is 1.59 bits per heavy atom. The standard InChI is InChI=1S/C35H52ClN4O13P/c1-34(2)17-46-13-7-8-14-47-18-35(3,4)33(44)50-20-52-54(45,51-19-49-32(34)43)21-48-16-25-27(41)28(42)31(53-25)40-12-11-23-26(38-22-9-5-6-10-22)24(15-37)29(36)39-30(23)40/h11-12,22,25,27-28,31,41-42,45,54H,5-10,13-14,16-21H2,1-4H3,(H,38,39)/t25-,27-,28-,31-/m1/s1. The summed E-state index contributed by atoms with van der Waals surface area (Å²) in [5.74, 6) is -1.29. The number of hydrogen-bond donors (Lipinski definition) is 4. The normalized spacial score (nSPS) is 28.3. The van der Waals surface area contributed by atoms with E-state index in [1.54, 1.807) is 40.0 Å². The number of cyclic esters (lactones) is 2. The first kappa shape index (κ1) is 42.4. The van der Waals surface area contributed by atoms with Crippen molar-refractivity contribution in [3.63, 3.8) is 0 Å². The van der Waals surface area contributed by atoms with E-state index >= 15 is 0 Å². The summed E-state index contributed by atoms with van der Waals surface area (Å²) in [6, 6.07) is 4.05. The summed E-state index contributed by atoms with van der Waals surface area (Å²) in [6.45, 7) is 5.81. The SMILES string of the molecule is CC1(C)COCCCCOCC(C)(C)C(=O)OCO[PH](O)(COC[C@H]2O[C@@H](n3ccc4c(NC5CCCC5)c(C#N)c(Cl)nc43)[C@H](O)[C@@H]2O)OCOC1=O. The maximum absolute atomic E-state index is 12.8. The molecule has 4 N–H and O–H groups in total. The quantitative estimate of drug-likeness (QED) is 0.177. The zero-order chi connectivity index (χ0) is 39.1. The van der Waals surface area contributed by atoms with Gasteiger partial charge in [0.05, 0.1) is 0 Å². The number of carbonyl (C=O) groups is 2. The van der Waals surface area contributed by atoms with Crippen LogP contribution in [0.5, 0.6) is 0 Å². The van der Waals surface area contributed by atoms with Crippen LogP contribution in [0.2, 0.25) is 5.15 Å². The van der Waals surface area contributed by atoms with E-state index in [-0.39, 0.29) is 36.6 Å². The topological polar surface area (TPSA) is 222 Å². The van der Waals surface area contributed by atoms with Crippen molar-refractivity contribution in [2.45, 2.75) is 96.8 Å². The van der Waals surface area contributed by atoms with Gasteiger partial charge in [0, 0.05) is 0 Å². The number of fused-ring (bicyclic) bond motifs is 1. The second-order valence-electron chi connectivity index (χ2n) is 15.1. The molecule has 1 aliphatic carbocycles. The summed E-state index contributed by atoms with van der Waals surface area (Å²) in [6.07, 6.45) is 1.41. The number of nitrogens with one attached hydrogen (secondary N) is 1. The van der Waals surface area contributed by atoms with Crippen molar-refractivity contribution >= 4 is 48.2 Å². The van der Waals surface area contributed by atoms with E-state index in [4.69, 9.17) is 49.1 Å². The molecule has 3 aliphatic rings. The third-order valence-corrected chi connectivity index (χ3v) is 11.6. The van der Waals surface area contributed by atoms with Gasteiger partial charge in [0.2, 0.25) is 0 Å². The molecule has 2 aromatic rings. The summed E-state index contributed by atoms with van der Waals surface area (Å²) in [5.41, 5.74) is -0.952. The number of aliphatic hydroxyl groups excluding tert-OH is 2. The first-order valence-corrected chi connectivity index (χ1v) is 20.5. The summed E-state index contributed by atoms with van der Waals surface area (Å²) in [5, 5.41) is 35.9. The molecule has 19 heteroatoms. The number of ether oxygens (including phenoxy) is 6. The Bertz CT molecular complexity index is 1610. The Balaban J connectivity index is 1.25. The number of nitrogens with zero attached hydrogens (tertiary/aromatic N) is 3. The zero-order valence-electron chi connectivity index (χ0n) is 31.1. The molecule has 3 fully saturated rings. The van der Waals surface area contributed by atoms with Crippen molar-refractivity contribution in [1.29, 1.82) is 5.26 Å². The molecule has 1 saturated carbocycles. The zero-order valence-corrected chi connectivity index (χ0v) is 32.8. The molecular formula is C35H52ClN4O13P. The molecule has 0 amide bonds. The van der Waals surface area contributed by atoms with Gasteiger partial charge in [-0.1, -0.05) is 12.8 Å². The first-order chi connectivity index (χ1) is 25.7. The van der Waals surface area contributed by atoms with Crippen molar-refractivity contribution in [2.24, 2.45) is 10.8 Å². The molecule has 54 heavy (non-hydrogen) atoms. The van der Waals surface area contributed by atoms with Crippen LogP contribution in [0.3, 0.4) is 0 Å². The maximum atomic E-state index is 12.8. The van der Waals surface area contributed by atoms with Crippen LogP contribution in [0.4, 0.5) is 5.69 Å². The van der Waals surface area contributed by atoms with Crippen LogP contribution in [0.25, 0.3) is 11.0 Å². The Morgan fingerprint density at radius 3 is 2.17 bits per heavy atom. The third-order valence-electron chi connectivity index (χ3n) is 9.62. The van der Waals surface area contributed by atoms with E-state index in [0.29, 0.717) is 42.8 Å². The van der Waals surface area contributed by atoms with Gasteiger partial charge < -0.3 is 0 Å². The molecule has 0 unspecified atom stereocenters. The molecule has 0 radical (unpaired) electrons. The van der Waals surface area contributed by atoms with Crippen molar-refractivity contribution in [3.05, 3.63) is 23.0 Å². The Labute approximate surface area is 319 Å². The molecule has 4 atom stereocenters. The third kappa shape index (κ3) is 10.4. The molecule has 2 aliphatic heterocycles. The second kappa shape index (κ2) is 18.5. The molecule has 4 heterocycles. The number of anilines is 1. The summed E-state index contributed by atoms with van der Waals surface area (Å²) >= 11 is 6.46. The van der Waals surface area contributed by atoms with Gasteiger partial charge in [-0.15, -0.1) is 0 Å². The van der Waals surface area contributed by atoms with Gasteiger partial charge in [-0.05, 0) is 12.8 Å². The predicted molar refractivity (Wildman–Crippen MR) is 195 cm³/mol. The van der Waals surface area contributed by atoms with Crippen LogP contribution in [-0.4, -0.2) is 114 Å². The number of hydrogen-bond acceptors (Lipinski definition) is 16. The Kier molecular flexibility index (Phi) is 14.5. The molecule has 17 nitrogen and oxygen atoms in total. The van der Waals surface area contributed by atoms with Crippen molar-refractivity contribution in [2.75, 3.05) is 58.3 Å². The van der Waals surface area contributed by atoms with E-state index in [9.17, 15) is 30.0 Å². The number of halogens is 1. The van der Waals surface area contributed by atoms with Crippen LogP contribution in [-0.2, 0) is 47.1 Å². The summed E-state index contributed by atoms with van der Waals surface area (Å²) < 4.78 is 46.2. The summed E-state index contributed by atoms with van der Waals surface area (Å²) in [7, 11) is -4.40. The number of aliphatic hydroxyl groups is 2. The average Bonchev–Trinajstić information content (AvgIpc) is 3.85. The van der Waals surface area contributed by atoms with Crippen molar-refractivity contribution < 1.29 is 62.2 Å². The van der Waals surface area contributed by atoms with Crippen LogP contribution in [0, 0.1) is 22.2 Å². The minimum absolute atomic E-state index is 0.0163. The van der Waals surface area contributed by atoms with Crippen LogP contribution >= 0.6 is 19.5 Å². The minimum atomic E-state index is -4.40. The van der Waals surface area contributed by atoms with Crippen molar-refractivity contribution in [3.8, 4) is 6.07 Å². The molecule has 2 saturated heterocycles. The van der Waals surface area contributed by atoms with E-state index in [0.717, 1.165) is 25.7 Å². The van der Waals surface area contributed by atoms with Gasteiger partial charge >= 0.3 is 289 Å².